The zero-order chi connectivity index (χ0) is 21.2. The number of rotatable bonds is 7. The highest BCUT2D eigenvalue weighted by atomic mass is 35.5. The third-order valence-electron chi connectivity index (χ3n) is 4.38. The van der Waals surface area contributed by atoms with Crippen LogP contribution in [0.4, 0.5) is 0 Å². The molecule has 9 heteroatoms. The third-order valence-corrected chi connectivity index (χ3v) is 6.89. The number of imidazole rings is 1. The second-order valence-corrected chi connectivity index (χ2v) is 8.99. The molecule has 6 nitrogen and oxygen atoms in total. The number of sulfonamides is 1. The molecule has 2 aromatic carbocycles. The van der Waals surface area contributed by atoms with Crippen LogP contribution in [0.5, 0.6) is 11.8 Å². The minimum atomic E-state index is -3.89. The molecular weight excluding hydrogens is 433 g/mol. The molecule has 1 heterocycles. The van der Waals surface area contributed by atoms with Gasteiger partial charge in [0.15, 0.2) is 0 Å². The van der Waals surface area contributed by atoms with E-state index in [0.29, 0.717) is 24.0 Å². The Morgan fingerprint density at radius 3 is 2.52 bits per heavy atom. The lowest BCUT2D eigenvalue weighted by molar-refractivity contribution is 0.408. The van der Waals surface area contributed by atoms with Gasteiger partial charge in [0.25, 0.3) is 0 Å². The van der Waals surface area contributed by atoms with Crippen molar-refractivity contribution in [3.8, 4) is 11.8 Å². The number of benzene rings is 2. The Bertz CT molecular complexity index is 1110. The first kappa shape index (κ1) is 21.6. The summed E-state index contributed by atoms with van der Waals surface area (Å²) in [5.74, 6) is 0.654. The van der Waals surface area contributed by atoms with Gasteiger partial charge in [-0.05, 0) is 45.0 Å². The lowest BCUT2D eigenvalue weighted by atomic mass is 10.2. The van der Waals surface area contributed by atoms with E-state index in [9.17, 15) is 8.42 Å². The molecule has 0 radical (unpaired) electrons. The van der Waals surface area contributed by atoms with E-state index in [1.807, 2.05) is 42.7 Å². The maximum Gasteiger partial charge on any atom is 0.302 e. The summed E-state index contributed by atoms with van der Waals surface area (Å²) in [5.41, 5.74) is 1.79. The molecule has 0 aliphatic heterocycles. The summed E-state index contributed by atoms with van der Waals surface area (Å²) in [6.07, 6.45) is 1.60. The van der Waals surface area contributed by atoms with Crippen molar-refractivity contribution in [2.24, 2.45) is 0 Å². The number of nitrogens with zero attached hydrogens (tertiary/aromatic N) is 2. The van der Waals surface area contributed by atoms with Gasteiger partial charge in [-0.25, -0.2) is 18.1 Å². The summed E-state index contributed by atoms with van der Waals surface area (Å²) in [5, 5.41) is 0.163. The smallest absolute Gasteiger partial charge is 0.302 e. The highest BCUT2D eigenvalue weighted by Gasteiger charge is 2.25. The standard InChI is InChI=1S/C20H21Cl2N3O3S/c1-4-25-17(12-23-20(25)28-15-10-8-13(2)9-11-15)14(3)24-29(26,27)18-7-5-6-16(21)19(18)22/h5-12,14,24H,4H2,1-3H3. The number of aryl methyl sites for hydroxylation is 1. The average molecular weight is 454 g/mol. The van der Waals surface area contributed by atoms with E-state index in [2.05, 4.69) is 9.71 Å². The molecule has 1 atom stereocenters. The molecule has 0 spiro atoms. The summed E-state index contributed by atoms with van der Waals surface area (Å²) >= 11 is 12.0. The van der Waals surface area contributed by atoms with Crippen LogP contribution >= 0.6 is 23.2 Å². The van der Waals surface area contributed by atoms with Crippen LogP contribution in [0.15, 0.2) is 53.6 Å². The number of halogens is 2. The van der Waals surface area contributed by atoms with Gasteiger partial charge in [-0.3, -0.25) is 4.57 Å². The van der Waals surface area contributed by atoms with Crippen molar-refractivity contribution >= 4 is 33.2 Å². The lowest BCUT2D eigenvalue weighted by Gasteiger charge is -2.17. The zero-order valence-corrected chi connectivity index (χ0v) is 18.5. The predicted molar refractivity (Wildman–Crippen MR) is 114 cm³/mol. The summed E-state index contributed by atoms with van der Waals surface area (Å²) in [7, 11) is -3.89. The van der Waals surface area contributed by atoms with Gasteiger partial charge in [0, 0.05) is 6.54 Å². The number of aromatic nitrogens is 2. The summed E-state index contributed by atoms with van der Waals surface area (Å²) < 4.78 is 35.9. The molecule has 0 saturated carbocycles. The Morgan fingerprint density at radius 2 is 1.86 bits per heavy atom. The highest BCUT2D eigenvalue weighted by molar-refractivity contribution is 7.89. The average Bonchev–Trinajstić information content (AvgIpc) is 3.08. The fourth-order valence-corrected chi connectivity index (χ4v) is 4.85. The van der Waals surface area contributed by atoms with Crippen molar-refractivity contribution in [1.82, 2.24) is 14.3 Å². The van der Waals surface area contributed by atoms with Crippen molar-refractivity contribution in [2.75, 3.05) is 0 Å². The molecular formula is C20H21Cl2N3O3S. The Labute approximate surface area is 180 Å². The molecule has 0 aliphatic rings. The van der Waals surface area contributed by atoms with Gasteiger partial charge in [-0.2, -0.15) is 0 Å². The van der Waals surface area contributed by atoms with Crippen molar-refractivity contribution in [3.63, 3.8) is 0 Å². The molecule has 0 saturated heterocycles. The van der Waals surface area contributed by atoms with E-state index in [1.165, 1.54) is 18.2 Å². The SMILES string of the molecule is CCn1c(C(C)NS(=O)(=O)c2cccc(Cl)c2Cl)cnc1Oc1ccc(C)cc1. The summed E-state index contributed by atoms with van der Waals surface area (Å²) in [6, 6.07) is 11.9. The third kappa shape index (κ3) is 4.75. The van der Waals surface area contributed by atoms with E-state index in [1.54, 1.807) is 13.1 Å². The topological polar surface area (TPSA) is 73.2 Å². The van der Waals surface area contributed by atoms with Gasteiger partial charge in [0.1, 0.15) is 10.6 Å². The molecule has 0 amide bonds. The van der Waals surface area contributed by atoms with Crippen LogP contribution in [0.1, 0.15) is 31.1 Å². The molecule has 0 bridgehead atoms. The molecule has 0 fully saturated rings. The van der Waals surface area contributed by atoms with Gasteiger partial charge < -0.3 is 4.74 Å². The number of hydrogen-bond acceptors (Lipinski definition) is 4. The van der Waals surface area contributed by atoms with Crippen LogP contribution in [-0.2, 0) is 16.6 Å². The van der Waals surface area contributed by atoms with Crippen LogP contribution in [0.2, 0.25) is 10.0 Å². The Hall–Kier alpha value is -2.06. The summed E-state index contributed by atoms with van der Waals surface area (Å²) in [6.45, 7) is 6.21. The second-order valence-electron chi connectivity index (χ2n) is 6.52. The molecule has 154 valence electrons. The molecule has 0 aliphatic carbocycles. The highest BCUT2D eigenvalue weighted by Crippen LogP contribution is 2.30. The van der Waals surface area contributed by atoms with Crippen LogP contribution in [0.3, 0.4) is 0 Å². The molecule has 1 N–H and O–H groups in total. The number of ether oxygens (including phenoxy) is 1. The first-order valence-corrected chi connectivity index (χ1v) is 11.2. The fourth-order valence-electron chi connectivity index (χ4n) is 2.88. The van der Waals surface area contributed by atoms with Gasteiger partial charge in [-0.1, -0.05) is 47.0 Å². The Balaban J connectivity index is 1.85. The van der Waals surface area contributed by atoms with E-state index in [-0.39, 0.29) is 14.9 Å². The predicted octanol–water partition coefficient (Wildman–Crippen LogP) is 5.35. The van der Waals surface area contributed by atoms with Gasteiger partial charge >= 0.3 is 6.01 Å². The molecule has 29 heavy (non-hydrogen) atoms. The Kier molecular flexibility index (Phi) is 6.53. The van der Waals surface area contributed by atoms with Crippen LogP contribution in [0, 0.1) is 6.92 Å². The summed E-state index contributed by atoms with van der Waals surface area (Å²) in [4.78, 5) is 4.25. The maximum atomic E-state index is 12.8. The lowest BCUT2D eigenvalue weighted by Crippen LogP contribution is -2.28. The first-order chi connectivity index (χ1) is 13.7. The van der Waals surface area contributed by atoms with E-state index < -0.39 is 16.1 Å². The molecule has 1 unspecified atom stereocenters. The number of hydrogen-bond donors (Lipinski definition) is 1. The molecule has 3 rings (SSSR count). The normalized spacial score (nSPS) is 12.7. The molecule has 3 aromatic rings. The fraction of sp³-hybridized carbons (Fsp3) is 0.250. The number of nitrogens with one attached hydrogen (secondary N) is 1. The molecule has 1 aromatic heterocycles. The van der Waals surface area contributed by atoms with E-state index in [0.717, 1.165) is 5.56 Å². The minimum absolute atomic E-state index is 0.0127. The van der Waals surface area contributed by atoms with E-state index >= 15 is 0 Å². The van der Waals surface area contributed by atoms with Crippen molar-refractivity contribution in [3.05, 3.63) is 70.0 Å². The monoisotopic (exact) mass is 453 g/mol. The van der Waals surface area contributed by atoms with E-state index in [4.69, 9.17) is 27.9 Å². The maximum absolute atomic E-state index is 12.8. The Morgan fingerprint density at radius 1 is 1.17 bits per heavy atom. The van der Waals surface area contributed by atoms with Crippen molar-refractivity contribution in [2.45, 2.75) is 38.3 Å². The van der Waals surface area contributed by atoms with Crippen LogP contribution < -0.4 is 9.46 Å². The zero-order valence-electron chi connectivity index (χ0n) is 16.2. The van der Waals surface area contributed by atoms with Crippen molar-refractivity contribution < 1.29 is 13.2 Å². The van der Waals surface area contributed by atoms with Gasteiger partial charge in [0.2, 0.25) is 10.0 Å². The minimum Gasteiger partial charge on any atom is -0.426 e. The van der Waals surface area contributed by atoms with Crippen molar-refractivity contribution in [1.29, 1.82) is 0 Å². The second kappa shape index (κ2) is 8.75. The van der Waals surface area contributed by atoms with Crippen LogP contribution in [0.25, 0.3) is 0 Å². The first-order valence-electron chi connectivity index (χ1n) is 8.99. The largest absolute Gasteiger partial charge is 0.426 e. The quantitative estimate of drug-likeness (QED) is 0.522. The van der Waals surface area contributed by atoms with Crippen LogP contribution in [-0.4, -0.2) is 18.0 Å². The van der Waals surface area contributed by atoms with Gasteiger partial charge in [0.05, 0.1) is 28.0 Å². The van der Waals surface area contributed by atoms with Gasteiger partial charge in [-0.15, -0.1) is 0 Å².